The fourth-order valence-electron chi connectivity index (χ4n) is 1.95. The number of phenols is 2. The normalized spacial score (nSPS) is 10.0. The molecule has 6 heteroatoms. The Kier molecular flexibility index (Phi) is 4.63. The third kappa shape index (κ3) is 4.24. The molecule has 114 valence electrons. The predicted molar refractivity (Wildman–Crippen MR) is 82.9 cm³/mol. The molecular formula is C16H16N2O4. The monoisotopic (exact) mass is 300 g/mol. The number of aromatic hydroxyl groups is 2. The van der Waals surface area contributed by atoms with Gasteiger partial charge in [-0.25, -0.2) is 0 Å². The lowest BCUT2D eigenvalue weighted by Gasteiger charge is -2.08. The van der Waals surface area contributed by atoms with E-state index in [0.717, 1.165) is 0 Å². The minimum atomic E-state index is -0.273. The highest BCUT2D eigenvalue weighted by Gasteiger charge is 2.07. The van der Waals surface area contributed by atoms with Gasteiger partial charge in [0, 0.05) is 18.3 Å². The van der Waals surface area contributed by atoms with Crippen LogP contribution in [0.3, 0.4) is 0 Å². The van der Waals surface area contributed by atoms with Crippen molar-refractivity contribution < 1.29 is 19.8 Å². The van der Waals surface area contributed by atoms with Crippen molar-refractivity contribution >= 4 is 23.2 Å². The maximum Gasteiger partial charge on any atom is 0.228 e. The third-order valence-corrected chi connectivity index (χ3v) is 2.87. The van der Waals surface area contributed by atoms with E-state index in [1.54, 1.807) is 30.3 Å². The van der Waals surface area contributed by atoms with Crippen LogP contribution in [0, 0.1) is 0 Å². The van der Waals surface area contributed by atoms with E-state index in [0.29, 0.717) is 16.9 Å². The van der Waals surface area contributed by atoms with E-state index in [1.165, 1.54) is 19.1 Å². The van der Waals surface area contributed by atoms with E-state index in [4.69, 9.17) is 0 Å². The van der Waals surface area contributed by atoms with Gasteiger partial charge in [-0.05, 0) is 35.9 Å². The number of benzene rings is 2. The van der Waals surface area contributed by atoms with Crippen molar-refractivity contribution in [2.75, 3.05) is 10.6 Å². The van der Waals surface area contributed by atoms with Crippen LogP contribution in [-0.2, 0) is 16.0 Å². The summed E-state index contributed by atoms with van der Waals surface area (Å²) in [6.45, 7) is 1.41. The number of carbonyl (C=O) groups excluding carboxylic acids is 2. The van der Waals surface area contributed by atoms with E-state index >= 15 is 0 Å². The van der Waals surface area contributed by atoms with Crippen LogP contribution in [0.2, 0.25) is 0 Å². The molecule has 2 amide bonds. The van der Waals surface area contributed by atoms with Crippen LogP contribution < -0.4 is 10.6 Å². The van der Waals surface area contributed by atoms with Crippen LogP contribution >= 0.6 is 0 Å². The summed E-state index contributed by atoms with van der Waals surface area (Å²) >= 11 is 0. The first-order valence-corrected chi connectivity index (χ1v) is 6.62. The Balaban J connectivity index is 2.02. The topological polar surface area (TPSA) is 98.7 Å². The molecule has 2 aromatic rings. The number of nitrogens with one attached hydrogen (secondary N) is 2. The molecule has 0 bridgehead atoms. The second-order valence-corrected chi connectivity index (χ2v) is 4.81. The highest BCUT2D eigenvalue weighted by Crippen LogP contribution is 2.25. The minimum absolute atomic E-state index is 0.0538. The van der Waals surface area contributed by atoms with Crippen molar-refractivity contribution in [1.82, 2.24) is 0 Å². The minimum Gasteiger partial charge on any atom is -0.504 e. The molecule has 0 spiro atoms. The molecule has 0 saturated carbocycles. The molecule has 22 heavy (non-hydrogen) atoms. The molecule has 0 saturated heterocycles. The molecule has 0 atom stereocenters. The van der Waals surface area contributed by atoms with E-state index in [1.807, 2.05) is 0 Å². The van der Waals surface area contributed by atoms with Crippen molar-refractivity contribution in [3.63, 3.8) is 0 Å². The van der Waals surface area contributed by atoms with Gasteiger partial charge in [0.05, 0.1) is 6.42 Å². The molecule has 2 rings (SSSR count). The van der Waals surface area contributed by atoms with E-state index in [2.05, 4.69) is 10.6 Å². The van der Waals surface area contributed by atoms with Crippen molar-refractivity contribution in [1.29, 1.82) is 0 Å². The highest BCUT2D eigenvalue weighted by molar-refractivity contribution is 5.94. The first-order chi connectivity index (χ1) is 10.4. The summed E-state index contributed by atoms with van der Waals surface area (Å²) in [5.41, 5.74) is 1.72. The van der Waals surface area contributed by atoms with Crippen LogP contribution in [0.15, 0.2) is 42.5 Å². The Hall–Kier alpha value is -3.02. The molecule has 2 aromatic carbocycles. The van der Waals surface area contributed by atoms with Gasteiger partial charge >= 0.3 is 0 Å². The molecule has 0 unspecified atom stereocenters. The standard InChI is InChI=1S/C16H16N2O4/c1-10(19)17-12-3-2-4-13(9-12)18-16(22)8-11-5-6-14(20)15(21)7-11/h2-7,9,20-21H,8H2,1H3,(H,17,19)(H,18,22). The highest BCUT2D eigenvalue weighted by atomic mass is 16.3. The second kappa shape index (κ2) is 6.62. The maximum absolute atomic E-state index is 12.0. The number of anilines is 2. The molecule has 6 nitrogen and oxygen atoms in total. The van der Waals surface area contributed by atoms with Crippen molar-refractivity contribution in [2.45, 2.75) is 13.3 Å². The fourth-order valence-corrected chi connectivity index (χ4v) is 1.95. The van der Waals surface area contributed by atoms with Crippen LogP contribution in [-0.4, -0.2) is 22.0 Å². The summed E-state index contributed by atoms with van der Waals surface area (Å²) in [6.07, 6.45) is 0.0538. The Morgan fingerprint density at radius 1 is 0.955 bits per heavy atom. The Morgan fingerprint density at radius 3 is 2.27 bits per heavy atom. The Labute approximate surface area is 127 Å². The molecular weight excluding hydrogens is 284 g/mol. The van der Waals surface area contributed by atoms with Crippen molar-refractivity contribution in [3.8, 4) is 11.5 Å². The lowest BCUT2D eigenvalue weighted by atomic mass is 10.1. The van der Waals surface area contributed by atoms with Crippen molar-refractivity contribution in [2.24, 2.45) is 0 Å². The van der Waals surface area contributed by atoms with Crippen LogP contribution in [0.5, 0.6) is 11.5 Å². The van der Waals surface area contributed by atoms with Crippen LogP contribution in [0.4, 0.5) is 11.4 Å². The number of rotatable bonds is 4. The average Bonchev–Trinajstić information content (AvgIpc) is 2.42. The zero-order chi connectivity index (χ0) is 16.1. The van der Waals surface area contributed by atoms with E-state index in [9.17, 15) is 19.8 Å². The molecule has 0 aliphatic rings. The maximum atomic E-state index is 12.0. The third-order valence-electron chi connectivity index (χ3n) is 2.87. The summed E-state index contributed by atoms with van der Waals surface area (Å²) in [7, 11) is 0. The number of carbonyl (C=O) groups is 2. The SMILES string of the molecule is CC(=O)Nc1cccc(NC(=O)Cc2ccc(O)c(O)c2)c1. The van der Waals surface area contributed by atoms with Gasteiger partial charge in [-0.3, -0.25) is 9.59 Å². The smallest absolute Gasteiger partial charge is 0.228 e. The van der Waals surface area contributed by atoms with Crippen LogP contribution in [0.25, 0.3) is 0 Å². The summed E-state index contributed by atoms with van der Waals surface area (Å²) < 4.78 is 0. The summed E-state index contributed by atoms with van der Waals surface area (Å²) in [4.78, 5) is 23.0. The largest absolute Gasteiger partial charge is 0.504 e. The molecule has 0 radical (unpaired) electrons. The van der Waals surface area contributed by atoms with Crippen molar-refractivity contribution in [3.05, 3.63) is 48.0 Å². The molecule has 4 N–H and O–H groups in total. The number of hydrogen-bond acceptors (Lipinski definition) is 4. The summed E-state index contributed by atoms with van der Waals surface area (Å²) in [5, 5.41) is 24.0. The Morgan fingerprint density at radius 2 is 1.64 bits per heavy atom. The average molecular weight is 300 g/mol. The van der Waals surface area contributed by atoms with Gasteiger partial charge in [0.2, 0.25) is 11.8 Å². The first-order valence-electron chi connectivity index (χ1n) is 6.62. The molecule has 0 heterocycles. The number of phenolic OH excluding ortho intramolecular Hbond substituents is 2. The summed E-state index contributed by atoms with van der Waals surface area (Å²) in [6, 6.07) is 11.0. The zero-order valence-electron chi connectivity index (χ0n) is 12.0. The summed E-state index contributed by atoms with van der Waals surface area (Å²) in [5.74, 6) is -0.960. The van der Waals surface area contributed by atoms with E-state index in [-0.39, 0.29) is 29.7 Å². The molecule has 0 fully saturated rings. The molecule has 0 aromatic heterocycles. The predicted octanol–water partition coefficient (Wildman–Crippen LogP) is 2.24. The van der Waals surface area contributed by atoms with Gasteiger partial charge in [0.25, 0.3) is 0 Å². The van der Waals surface area contributed by atoms with Gasteiger partial charge in [-0.2, -0.15) is 0 Å². The lowest BCUT2D eigenvalue weighted by Crippen LogP contribution is -2.14. The van der Waals surface area contributed by atoms with Gasteiger partial charge < -0.3 is 20.8 Å². The second-order valence-electron chi connectivity index (χ2n) is 4.81. The zero-order valence-corrected chi connectivity index (χ0v) is 12.0. The quantitative estimate of drug-likeness (QED) is 0.651. The number of hydrogen-bond donors (Lipinski definition) is 4. The van der Waals surface area contributed by atoms with Gasteiger partial charge in [0.1, 0.15) is 0 Å². The lowest BCUT2D eigenvalue weighted by molar-refractivity contribution is -0.115. The van der Waals surface area contributed by atoms with Crippen LogP contribution in [0.1, 0.15) is 12.5 Å². The Bertz CT molecular complexity index is 713. The van der Waals surface area contributed by atoms with E-state index < -0.39 is 0 Å². The molecule has 0 aliphatic heterocycles. The number of amides is 2. The van der Waals surface area contributed by atoms with Gasteiger partial charge in [-0.15, -0.1) is 0 Å². The molecule has 0 aliphatic carbocycles. The fraction of sp³-hybridized carbons (Fsp3) is 0.125. The first kappa shape index (κ1) is 15.4. The van der Waals surface area contributed by atoms with Gasteiger partial charge in [0.15, 0.2) is 11.5 Å². The van der Waals surface area contributed by atoms with Gasteiger partial charge in [-0.1, -0.05) is 12.1 Å².